The third kappa shape index (κ3) is 3.46. The number of aromatic nitrogens is 1. The molecule has 0 bridgehead atoms. The Kier molecular flexibility index (Phi) is 5.32. The van der Waals surface area contributed by atoms with E-state index in [-0.39, 0.29) is 11.1 Å². The van der Waals surface area contributed by atoms with Crippen LogP contribution in [0.4, 0.5) is 0 Å². The third-order valence-corrected chi connectivity index (χ3v) is 6.23. The molecule has 2 heterocycles. The number of carbonyl (C=O) groups is 1. The van der Waals surface area contributed by atoms with Crippen LogP contribution in [0.1, 0.15) is 24.1 Å². The Morgan fingerprint density at radius 3 is 2.57 bits per heavy atom. The largest absolute Gasteiger partial charge is 0.497 e. The molecule has 2 aromatic carbocycles. The second kappa shape index (κ2) is 7.93. The van der Waals surface area contributed by atoms with E-state index in [0.717, 1.165) is 11.3 Å². The summed E-state index contributed by atoms with van der Waals surface area (Å²) in [6.45, 7) is 1.71. The molecule has 0 fully saturated rings. The third-order valence-electron chi connectivity index (χ3n) is 4.90. The van der Waals surface area contributed by atoms with Crippen LogP contribution in [0.5, 0.6) is 5.75 Å². The van der Waals surface area contributed by atoms with Crippen LogP contribution in [0.25, 0.3) is 6.08 Å². The van der Waals surface area contributed by atoms with Crippen molar-refractivity contribution in [1.82, 2.24) is 4.57 Å². The van der Waals surface area contributed by atoms with Gasteiger partial charge in [-0.2, -0.15) is 0 Å². The van der Waals surface area contributed by atoms with Gasteiger partial charge in [0.2, 0.25) is 5.91 Å². The number of carbonyl (C=O) groups excluding carboxylic acids is 1. The van der Waals surface area contributed by atoms with Gasteiger partial charge in [0.25, 0.3) is 5.56 Å². The van der Waals surface area contributed by atoms with E-state index in [1.807, 2.05) is 30.3 Å². The maximum Gasteiger partial charge on any atom is 0.271 e. The first kappa shape index (κ1) is 20.1. The first-order chi connectivity index (χ1) is 14.4. The zero-order chi connectivity index (χ0) is 21.4. The highest BCUT2D eigenvalue weighted by Crippen LogP contribution is 2.33. The highest BCUT2D eigenvalue weighted by molar-refractivity contribution is 7.07. The average molecular weight is 440 g/mol. The summed E-state index contributed by atoms with van der Waals surface area (Å²) in [6.07, 6.45) is 1.79. The minimum atomic E-state index is -0.731. The molecule has 1 unspecified atom stereocenters. The van der Waals surface area contributed by atoms with E-state index < -0.39 is 11.9 Å². The van der Waals surface area contributed by atoms with Gasteiger partial charge in [-0.3, -0.25) is 14.2 Å². The van der Waals surface area contributed by atoms with E-state index in [4.69, 9.17) is 22.1 Å². The first-order valence-electron chi connectivity index (χ1n) is 9.11. The summed E-state index contributed by atoms with van der Waals surface area (Å²) in [5.74, 6) is 0.0969. The summed E-state index contributed by atoms with van der Waals surface area (Å²) in [6, 6.07) is 13.8. The highest BCUT2D eigenvalue weighted by Gasteiger charge is 2.32. The van der Waals surface area contributed by atoms with Crippen molar-refractivity contribution in [3.8, 4) is 5.75 Å². The van der Waals surface area contributed by atoms with Gasteiger partial charge in [0.05, 0.1) is 29.0 Å². The van der Waals surface area contributed by atoms with Crippen molar-refractivity contribution in [3.63, 3.8) is 0 Å². The molecular formula is C22H18ClN3O3S. The van der Waals surface area contributed by atoms with Crippen LogP contribution in [0.15, 0.2) is 69.6 Å². The van der Waals surface area contributed by atoms with E-state index in [1.54, 1.807) is 38.3 Å². The predicted octanol–water partition coefficient (Wildman–Crippen LogP) is 2.38. The van der Waals surface area contributed by atoms with Crippen molar-refractivity contribution < 1.29 is 9.53 Å². The zero-order valence-electron chi connectivity index (χ0n) is 16.3. The summed E-state index contributed by atoms with van der Waals surface area (Å²) in [5.41, 5.74) is 7.62. The van der Waals surface area contributed by atoms with E-state index in [1.165, 1.54) is 15.9 Å². The number of allylic oxidation sites excluding steroid dienone is 1. The Morgan fingerprint density at radius 2 is 1.93 bits per heavy atom. The normalized spacial score (nSPS) is 16.2. The van der Waals surface area contributed by atoms with Gasteiger partial charge in [-0.05, 0) is 42.3 Å². The fourth-order valence-corrected chi connectivity index (χ4v) is 4.76. The van der Waals surface area contributed by atoms with Crippen molar-refractivity contribution in [3.05, 3.63) is 95.6 Å². The fraction of sp³-hybridized carbons (Fsp3) is 0.136. The number of benzene rings is 2. The highest BCUT2D eigenvalue weighted by atomic mass is 35.5. The van der Waals surface area contributed by atoms with E-state index in [9.17, 15) is 9.59 Å². The molecule has 6 nitrogen and oxygen atoms in total. The van der Waals surface area contributed by atoms with E-state index in [0.29, 0.717) is 25.6 Å². The Balaban J connectivity index is 1.96. The minimum Gasteiger partial charge on any atom is -0.497 e. The van der Waals surface area contributed by atoms with Gasteiger partial charge in [-0.25, -0.2) is 4.99 Å². The van der Waals surface area contributed by atoms with Crippen molar-refractivity contribution in [2.45, 2.75) is 13.0 Å². The molecule has 152 valence electrons. The van der Waals surface area contributed by atoms with Gasteiger partial charge >= 0.3 is 0 Å². The maximum absolute atomic E-state index is 13.4. The van der Waals surface area contributed by atoms with Crippen molar-refractivity contribution in [2.24, 2.45) is 10.7 Å². The lowest BCUT2D eigenvalue weighted by atomic mass is 9.95. The quantitative estimate of drug-likeness (QED) is 0.677. The SMILES string of the molecule is COc1ccc(/C=c2\sc3n(c2=O)C(c2ccccc2Cl)C(C(N)=O)=C(C)N=3)cc1. The summed E-state index contributed by atoms with van der Waals surface area (Å²) in [7, 11) is 1.60. The zero-order valence-corrected chi connectivity index (χ0v) is 17.8. The molecule has 1 aromatic heterocycles. The molecule has 0 spiro atoms. The molecule has 0 radical (unpaired) electrons. The first-order valence-corrected chi connectivity index (χ1v) is 10.3. The topological polar surface area (TPSA) is 86.7 Å². The summed E-state index contributed by atoms with van der Waals surface area (Å²) >= 11 is 7.68. The molecular weight excluding hydrogens is 422 g/mol. The van der Waals surface area contributed by atoms with Crippen LogP contribution in [0, 0.1) is 0 Å². The molecule has 1 amide bonds. The number of methoxy groups -OCH3 is 1. The molecule has 8 heteroatoms. The molecule has 1 atom stereocenters. The van der Waals surface area contributed by atoms with E-state index >= 15 is 0 Å². The number of hydrogen-bond acceptors (Lipinski definition) is 5. The predicted molar refractivity (Wildman–Crippen MR) is 117 cm³/mol. The van der Waals surface area contributed by atoms with Gasteiger partial charge in [0.15, 0.2) is 4.80 Å². The monoisotopic (exact) mass is 439 g/mol. The average Bonchev–Trinajstić information content (AvgIpc) is 3.02. The number of hydrogen-bond donors (Lipinski definition) is 1. The Hall–Kier alpha value is -3.16. The molecule has 2 N–H and O–H groups in total. The number of ether oxygens (including phenoxy) is 1. The molecule has 1 aliphatic rings. The maximum atomic E-state index is 13.4. The van der Waals surface area contributed by atoms with Crippen LogP contribution >= 0.6 is 22.9 Å². The molecule has 30 heavy (non-hydrogen) atoms. The molecule has 0 saturated carbocycles. The number of nitrogens with two attached hydrogens (primary N) is 1. The Labute approximate surface area is 181 Å². The molecule has 4 rings (SSSR count). The van der Waals surface area contributed by atoms with Crippen LogP contribution in [-0.4, -0.2) is 17.6 Å². The van der Waals surface area contributed by atoms with Crippen LogP contribution in [-0.2, 0) is 4.79 Å². The van der Waals surface area contributed by atoms with Gasteiger partial charge in [0, 0.05) is 5.02 Å². The number of fused-ring (bicyclic) bond motifs is 1. The lowest BCUT2D eigenvalue weighted by Crippen LogP contribution is -2.40. The van der Waals surface area contributed by atoms with E-state index in [2.05, 4.69) is 4.99 Å². The van der Waals surface area contributed by atoms with Crippen LogP contribution in [0.2, 0.25) is 5.02 Å². The minimum absolute atomic E-state index is 0.256. The molecule has 0 aliphatic carbocycles. The number of thiazole rings is 1. The number of amides is 1. The lowest BCUT2D eigenvalue weighted by molar-refractivity contribution is -0.115. The number of halogens is 1. The van der Waals surface area contributed by atoms with Gasteiger partial charge in [-0.15, -0.1) is 0 Å². The number of primary amides is 1. The molecule has 0 saturated heterocycles. The van der Waals surface area contributed by atoms with Gasteiger partial charge in [0.1, 0.15) is 5.75 Å². The number of rotatable bonds is 4. The smallest absolute Gasteiger partial charge is 0.271 e. The standard InChI is InChI=1S/C22H18ClN3O3S/c1-12-18(20(24)27)19(15-5-3-4-6-16(15)23)26-21(28)17(30-22(26)25-12)11-13-7-9-14(29-2)10-8-13/h3-11,19H,1-2H3,(H2,24,27)/b17-11-. The molecule has 1 aliphatic heterocycles. The van der Waals surface area contributed by atoms with Crippen LogP contribution < -0.4 is 25.4 Å². The summed E-state index contributed by atoms with van der Waals surface area (Å²) in [5, 5.41) is 0.445. The van der Waals surface area contributed by atoms with Crippen molar-refractivity contribution >= 4 is 34.9 Å². The van der Waals surface area contributed by atoms with Crippen LogP contribution in [0.3, 0.4) is 0 Å². The number of nitrogens with zero attached hydrogens (tertiary/aromatic N) is 2. The van der Waals surface area contributed by atoms with Crippen molar-refractivity contribution in [2.75, 3.05) is 7.11 Å². The summed E-state index contributed by atoms with van der Waals surface area (Å²) in [4.78, 5) is 30.6. The fourth-order valence-electron chi connectivity index (χ4n) is 3.48. The molecule has 3 aromatic rings. The second-order valence-electron chi connectivity index (χ2n) is 6.74. The van der Waals surface area contributed by atoms with Gasteiger partial charge in [-0.1, -0.05) is 53.3 Å². The summed E-state index contributed by atoms with van der Waals surface area (Å²) < 4.78 is 7.17. The Morgan fingerprint density at radius 1 is 1.23 bits per heavy atom. The van der Waals surface area contributed by atoms with Crippen molar-refractivity contribution in [1.29, 1.82) is 0 Å². The van der Waals surface area contributed by atoms with Gasteiger partial charge < -0.3 is 10.5 Å². The second-order valence-corrected chi connectivity index (χ2v) is 8.16. The lowest BCUT2D eigenvalue weighted by Gasteiger charge is -2.24. The Bertz CT molecular complexity index is 1350.